The van der Waals surface area contributed by atoms with Gasteiger partial charge in [0.2, 0.25) is 0 Å². The second-order valence-corrected chi connectivity index (χ2v) is 4.15. The Labute approximate surface area is 92.7 Å². The average Bonchev–Trinajstić information content (AvgIpc) is 3.04. The minimum absolute atomic E-state index is 0.618. The van der Waals surface area contributed by atoms with E-state index in [4.69, 9.17) is 11.6 Å². The van der Waals surface area contributed by atoms with Gasteiger partial charge in [0.05, 0.1) is 5.69 Å². The van der Waals surface area contributed by atoms with E-state index in [2.05, 4.69) is 10.1 Å². The molecule has 0 aromatic carbocycles. The quantitative estimate of drug-likeness (QED) is 0.778. The van der Waals surface area contributed by atoms with Crippen LogP contribution in [0.4, 0.5) is 0 Å². The molecule has 0 spiro atoms. The lowest BCUT2D eigenvalue weighted by Gasteiger charge is -1.99. The fraction of sp³-hybridized carbons (Fsp3) is 0.273. The molecule has 1 fully saturated rings. The van der Waals surface area contributed by atoms with Gasteiger partial charge in [0.1, 0.15) is 5.15 Å². The first-order valence-corrected chi connectivity index (χ1v) is 5.39. The van der Waals surface area contributed by atoms with Gasteiger partial charge in [-0.2, -0.15) is 5.10 Å². The van der Waals surface area contributed by atoms with Crippen molar-refractivity contribution in [2.75, 3.05) is 0 Å². The molecule has 0 bridgehead atoms. The van der Waals surface area contributed by atoms with Crippen LogP contribution in [0.25, 0.3) is 5.82 Å². The molecule has 4 heteroatoms. The summed E-state index contributed by atoms with van der Waals surface area (Å²) in [4.78, 5) is 4.22. The van der Waals surface area contributed by atoms with E-state index < -0.39 is 0 Å². The van der Waals surface area contributed by atoms with E-state index in [1.165, 1.54) is 12.8 Å². The SMILES string of the molecule is Clc1cc(C2CC2)nn1-c1ccccn1. The lowest BCUT2D eigenvalue weighted by molar-refractivity contribution is 0.813. The number of hydrogen-bond acceptors (Lipinski definition) is 2. The summed E-state index contributed by atoms with van der Waals surface area (Å²) >= 11 is 6.11. The van der Waals surface area contributed by atoms with E-state index in [9.17, 15) is 0 Å². The molecular formula is C11H10ClN3. The molecule has 2 aromatic rings. The van der Waals surface area contributed by atoms with Crippen molar-refractivity contribution in [1.82, 2.24) is 14.8 Å². The third-order valence-corrected chi connectivity index (χ3v) is 2.82. The van der Waals surface area contributed by atoms with Gasteiger partial charge in [0.15, 0.2) is 5.82 Å². The molecule has 0 unspecified atom stereocenters. The summed E-state index contributed by atoms with van der Waals surface area (Å²) in [6, 6.07) is 7.64. The lowest BCUT2D eigenvalue weighted by atomic mass is 10.3. The fourth-order valence-electron chi connectivity index (χ4n) is 1.59. The van der Waals surface area contributed by atoms with Crippen LogP contribution in [0.1, 0.15) is 24.5 Å². The molecule has 76 valence electrons. The molecule has 0 amide bonds. The summed E-state index contributed by atoms with van der Waals surface area (Å²) in [7, 11) is 0. The third kappa shape index (κ3) is 1.63. The summed E-state index contributed by atoms with van der Waals surface area (Å²) < 4.78 is 1.69. The van der Waals surface area contributed by atoms with E-state index in [0.717, 1.165) is 11.5 Å². The Bertz CT molecular complexity index is 474. The highest BCUT2D eigenvalue weighted by molar-refractivity contribution is 6.29. The van der Waals surface area contributed by atoms with Gasteiger partial charge in [-0.25, -0.2) is 9.67 Å². The van der Waals surface area contributed by atoms with E-state index >= 15 is 0 Å². The van der Waals surface area contributed by atoms with Gasteiger partial charge in [0.25, 0.3) is 0 Å². The molecule has 0 atom stereocenters. The number of aromatic nitrogens is 3. The van der Waals surface area contributed by atoms with E-state index in [-0.39, 0.29) is 0 Å². The third-order valence-electron chi connectivity index (χ3n) is 2.55. The Kier molecular flexibility index (Phi) is 1.99. The largest absolute Gasteiger partial charge is 0.237 e. The van der Waals surface area contributed by atoms with Crippen molar-refractivity contribution in [3.05, 3.63) is 41.3 Å². The minimum Gasteiger partial charge on any atom is -0.237 e. The maximum atomic E-state index is 6.11. The molecule has 1 aliphatic carbocycles. The van der Waals surface area contributed by atoms with Crippen molar-refractivity contribution in [1.29, 1.82) is 0 Å². The zero-order valence-corrected chi connectivity index (χ0v) is 8.85. The highest BCUT2D eigenvalue weighted by Gasteiger charge is 2.27. The Balaban J connectivity index is 2.04. The molecule has 2 heterocycles. The van der Waals surface area contributed by atoms with Crippen LogP contribution in [0.15, 0.2) is 30.5 Å². The molecule has 2 aromatic heterocycles. The molecule has 1 aliphatic rings. The molecule has 1 saturated carbocycles. The molecular weight excluding hydrogens is 210 g/mol. The van der Waals surface area contributed by atoms with Crippen molar-refractivity contribution in [2.45, 2.75) is 18.8 Å². The Hall–Kier alpha value is -1.35. The first kappa shape index (κ1) is 8.92. The maximum Gasteiger partial charge on any atom is 0.155 e. The molecule has 0 aliphatic heterocycles. The first-order valence-electron chi connectivity index (χ1n) is 5.01. The summed E-state index contributed by atoms with van der Waals surface area (Å²) in [6.45, 7) is 0. The Morgan fingerprint density at radius 2 is 2.20 bits per heavy atom. The zero-order valence-electron chi connectivity index (χ0n) is 8.10. The lowest BCUT2D eigenvalue weighted by Crippen LogP contribution is -1.99. The summed E-state index contributed by atoms with van der Waals surface area (Å²) in [5, 5.41) is 5.10. The van der Waals surface area contributed by atoms with Crippen LogP contribution in [-0.2, 0) is 0 Å². The van der Waals surface area contributed by atoms with Gasteiger partial charge in [-0.3, -0.25) is 0 Å². The molecule has 0 saturated heterocycles. The Morgan fingerprint density at radius 3 is 2.87 bits per heavy atom. The molecule has 3 nitrogen and oxygen atoms in total. The van der Waals surface area contributed by atoms with Crippen molar-refractivity contribution in [3.63, 3.8) is 0 Å². The summed E-state index contributed by atoms with van der Waals surface area (Å²) in [6.07, 6.45) is 4.20. The Morgan fingerprint density at radius 1 is 1.33 bits per heavy atom. The van der Waals surface area contributed by atoms with Gasteiger partial charge in [-0.1, -0.05) is 17.7 Å². The van der Waals surface area contributed by atoms with Crippen LogP contribution in [-0.4, -0.2) is 14.8 Å². The van der Waals surface area contributed by atoms with Crippen molar-refractivity contribution in [3.8, 4) is 5.82 Å². The van der Waals surface area contributed by atoms with Crippen LogP contribution in [0, 0.1) is 0 Å². The summed E-state index contributed by atoms with van der Waals surface area (Å²) in [5.74, 6) is 1.39. The van der Waals surface area contributed by atoms with Gasteiger partial charge < -0.3 is 0 Å². The van der Waals surface area contributed by atoms with Crippen LogP contribution >= 0.6 is 11.6 Å². The summed E-state index contributed by atoms with van der Waals surface area (Å²) in [5.41, 5.74) is 1.09. The van der Waals surface area contributed by atoms with Gasteiger partial charge in [-0.05, 0) is 31.0 Å². The second-order valence-electron chi connectivity index (χ2n) is 3.77. The number of nitrogens with zero attached hydrogens (tertiary/aromatic N) is 3. The zero-order chi connectivity index (χ0) is 10.3. The van der Waals surface area contributed by atoms with Crippen molar-refractivity contribution >= 4 is 11.6 Å². The number of rotatable bonds is 2. The van der Waals surface area contributed by atoms with Crippen LogP contribution in [0.3, 0.4) is 0 Å². The number of halogens is 1. The maximum absolute atomic E-state index is 6.11. The smallest absolute Gasteiger partial charge is 0.155 e. The minimum atomic E-state index is 0.618. The average molecular weight is 220 g/mol. The predicted molar refractivity (Wildman–Crippen MR) is 58.3 cm³/mol. The monoisotopic (exact) mass is 219 g/mol. The molecule has 0 radical (unpaired) electrons. The van der Waals surface area contributed by atoms with Crippen LogP contribution < -0.4 is 0 Å². The van der Waals surface area contributed by atoms with E-state index in [0.29, 0.717) is 11.1 Å². The number of pyridine rings is 1. The molecule has 0 N–H and O–H groups in total. The van der Waals surface area contributed by atoms with Gasteiger partial charge in [0, 0.05) is 12.1 Å². The van der Waals surface area contributed by atoms with E-state index in [1.807, 2.05) is 24.3 Å². The van der Waals surface area contributed by atoms with Crippen molar-refractivity contribution in [2.24, 2.45) is 0 Å². The molecule has 3 rings (SSSR count). The van der Waals surface area contributed by atoms with Gasteiger partial charge >= 0.3 is 0 Å². The highest BCUT2D eigenvalue weighted by atomic mass is 35.5. The standard InChI is InChI=1S/C11H10ClN3/c12-10-7-9(8-4-5-8)14-15(10)11-3-1-2-6-13-11/h1-3,6-8H,4-5H2. The second kappa shape index (κ2) is 3.35. The van der Waals surface area contributed by atoms with Crippen molar-refractivity contribution < 1.29 is 0 Å². The number of hydrogen-bond donors (Lipinski definition) is 0. The topological polar surface area (TPSA) is 30.7 Å². The highest BCUT2D eigenvalue weighted by Crippen LogP contribution is 2.40. The normalized spacial score (nSPS) is 15.5. The van der Waals surface area contributed by atoms with E-state index in [1.54, 1.807) is 10.9 Å². The fourth-order valence-corrected chi connectivity index (χ4v) is 1.83. The van der Waals surface area contributed by atoms with Gasteiger partial charge in [-0.15, -0.1) is 0 Å². The van der Waals surface area contributed by atoms with Crippen LogP contribution in [0.2, 0.25) is 5.15 Å². The van der Waals surface area contributed by atoms with Crippen LogP contribution in [0.5, 0.6) is 0 Å². The molecule has 15 heavy (non-hydrogen) atoms. The first-order chi connectivity index (χ1) is 7.34. The predicted octanol–water partition coefficient (Wildman–Crippen LogP) is 2.80.